The summed E-state index contributed by atoms with van der Waals surface area (Å²) in [7, 11) is 0. The van der Waals surface area contributed by atoms with E-state index in [4.69, 9.17) is 18.0 Å². The van der Waals surface area contributed by atoms with E-state index in [0.29, 0.717) is 4.99 Å². The van der Waals surface area contributed by atoms with E-state index in [-0.39, 0.29) is 23.9 Å². The van der Waals surface area contributed by atoms with E-state index in [0.717, 1.165) is 32.4 Å². The molecule has 1 amide bonds. The molecule has 1 saturated heterocycles. The lowest BCUT2D eigenvalue weighted by molar-refractivity contribution is -0.127. The number of piperidine rings is 1. The zero-order valence-corrected chi connectivity index (χ0v) is 12.4. The average molecular weight is 271 g/mol. The lowest BCUT2D eigenvalue weighted by Gasteiger charge is -2.36. The number of likely N-dealkylation sites (tertiary alicyclic amines) is 1. The molecule has 0 radical (unpaired) electrons. The number of nitrogens with two attached hydrogens (primary N) is 1. The summed E-state index contributed by atoms with van der Waals surface area (Å²) in [6.45, 7) is 7.82. The molecule has 3 N–H and O–H groups in total. The number of rotatable bonds is 5. The van der Waals surface area contributed by atoms with Crippen LogP contribution in [0.5, 0.6) is 0 Å². The molecule has 3 unspecified atom stereocenters. The lowest BCUT2D eigenvalue weighted by atomic mass is 9.97. The van der Waals surface area contributed by atoms with Gasteiger partial charge in [0.05, 0.1) is 11.0 Å². The summed E-state index contributed by atoms with van der Waals surface area (Å²) in [4.78, 5) is 14.8. The smallest absolute Gasteiger partial charge is 0.237 e. The molecule has 1 aliphatic heterocycles. The summed E-state index contributed by atoms with van der Waals surface area (Å²) in [5.41, 5.74) is 5.71. The number of carbonyl (C=O) groups excluding carboxylic acids is 1. The molecule has 0 spiro atoms. The maximum Gasteiger partial charge on any atom is 0.237 e. The van der Waals surface area contributed by atoms with E-state index in [2.05, 4.69) is 17.1 Å². The van der Waals surface area contributed by atoms with Crippen LogP contribution in [0.25, 0.3) is 0 Å². The minimum Gasteiger partial charge on any atom is -0.393 e. The Kier molecular flexibility index (Phi) is 6.02. The second-order valence-electron chi connectivity index (χ2n) is 5.23. The Morgan fingerprint density at radius 3 is 2.78 bits per heavy atom. The molecule has 0 aliphatic carbocycles. The number of hydrogen-bond donors (Lipinski definition) is 2. The molecule has 0 aromatic carbocycles. The van der Waals surface area contributed by atoms with Crippen molar-refractivity contribution in [3.8, 4) is 0 Å². The van der Waals surface area contributed by atoms with Crippen molar-refractivity contribution >= 4 is 23.1 Å². The maximum atomic E-state index is 12.1. The Morgan fingerprint density at radius 2 is 2.22 bits per heavy atom. The van der Waals surface area contributed by atoms with Gasteiger partial charge >= 0.3 is 0 Å². The highest BCUT2D eigenvalue weighted by atomic mass is 32.1. The first-order chi connectivity index (χ1) is 8.45. The van der Waals surface area contributed by atoms with E-state index in [1.165, 1.54) is 0 Å². The van der Waals surface area contributed by atoms with Gasteiger partial charge in [0.25, 0.3) is 0 Å². The van der Waals surface area contributed by atoms with Crippen LogP contribution in [0.4, 0.5) is 0 Å². The molecule has 3 atom stereocenters. The number of amides is 1. The van der Waals surface area contributed by atoms with Crippen molar-refractivity contribution < 1.29 is 4.79 Å². The number of nitrogens with zero attached hydrogens (tertiary/aromatic N) is 1. The minimum atomic E-state index is -0.101. The van der Waals surface area contributed by atoms with Crippen LogP contribution in [0.15, 0.2) is 0 Å². The molecule has 0 saturated carbocycles. The monoisotopic (exact) mass is 271 g/mol. The Bertz CT molecular complexity index is 309. The normalized spacial score (nSPS) is 24.3. The fourth-order valence-electron chi connectivity index (χ4n) is 2.22. The first kappa shape index (κ1) is 15.4. The van der Waals surface area contributed by atoms with Gasteiger partial charge in [-0.15, -0.1) is 0 Å². The van der Waals surface area contributed by atoms with Crippen molar-refractivity contribution in [2.45, 2.75) is 52.1 Å². The Labute approximate surface area is 115 Å². The lowest BCUT2D eigenvalue weighted by Crippen LogP contribution is -2.52. The number of nitrogens with one attached hydrogen (secondary N) is 1. The SMILES string of the molecule is CCC(C)NC(=O)C(C)N1CCCC(C(N)=S)C1. The Morgan fingerprint density at radius 1 is 1.56 bits per heavy atom. The molecule has 0 aromatic heterocycles. The third-order valence-electron chi connectivity index (χ3n) is 3.78. The van der Waals surface area contributed by atoms with Gasteiger partial charge in [-0.25, -0.2) is 0 Å². The van der Waals surface area contributed by atoms with E-state index < -0.39 is 0 Å². The van der Waals surface area contributed by atoms with Crippen molar-refractivity contribution in [3.05, 3.63) is 0 Å². The number of thiocarbonyl (C=S) groups is 1. The molecule has 1 aliphatic rings. The van der Waals surface area contributed by atoms with Gasteiger partial charge in [0.2, 0.25) is 5.91 Å². The fourth-order valence-corrected chi connectivity index (χ4v) is 2.41. The van der Waals surface area contributed by atoms with Crippen LogP contribution in [-0.4, -0.2) is 41.0 Å². The largest absolute Gasteiger partial charge is 0.393 e. The first-order valence-corrected chi connectivity index (χ1v) is 7.20. The highest BCUT2D eigenvalue weighted by molar-refractivity contribution is 7.80. The summed E-state index contributed by atoms with van der Waals surface area (Å²) in [6.07, 6.45) is 3.06. The second-order valence-corrected chi connectivity index (χ2v) is 5.70. The topological polar surface area (TPSA) is 58.4 Å². The Balaban J connectivity index is 2.52. The highest BCUT2D eigenvalue weighted by Crippen LogP contribution is 2.18. The summed E-state index contributed by atoms with van der Waals surface area (Å²) < 4.78 is 0. The Hall–Kier alpha value is -0.680. The zero-order chi connectivity index (χ0) is 13.7. The second kappa shape index (κ2) is 7.04. The van der Waals surface area contributed by atoms with Crippen LogP contribution < -0.4 is 11.1 Å². The predicted octanol–water partition coefficient (Wildman–Crippen LogP) is 1.29. The molecule has 0 aromatic rings. The molecule has 1 fully saturated rings. The third kappa shape index (κ3) is 4.21. The summed E-state index contributed by atoms with van der Waals surface area (Å²) in [5, 5.41) is 3.03. The zero-order valence-electron chi connectivity index (χ0n) is 11.6. The van der Waals surface area contributed by atoms with E-state index in [9.17, 15) is 4.79 Å². The molecular weight excluding hydrogens is 246 g/mol. The van der Waals surface area contributed by atoms with Gasteiger partial charge in [0.1, 0.15) is 0 Å². The van der Waals surface area contributed by atoms with Crippen molar-refractivity contribution in [3.63, 3.8) is 0 Å². The molecule has 4 nitrogen and oxygen atoms in total. The van der Waals surface area contributed by atoms with Gasteiger partial charge in [0.15, 0.2) is 0 Å². The fraction of sp³-hybridized carbons (Fsp3) is 0.846. The molecule has 1 heterocycles. The third-order valence-corrected chi connectivity index (χ3v) is 4.12. The molecule has 0 bridgehead atoms. The predicted molar refractivity (Wildman–Crippen MR) is 78.4 cm³/mol. The summed E-state index contributed by atoms with van der Waals surface area (Å²) in [6, 6.07) is 0.132. The van der Waals surface area contributed by atoms with Crippen LogP contribution in [0, 0.1) is 5.92 Å². The van der Waals surface area contributed by atoms with Gasteiger partial charge in [-0.05, 0) is 39.7 Å². The van der Waals surface area contributed by atoms with Gasteiger partial charge in [-0.1, -0.05) is 19.1 Å². The van der Waals surface area contributed by atoms with E-state index in [1.807, 2.05) is 13.8 Å². The van der Waals surface area contributed by atoms with E-state index >= 15 is 0 Å². The molecule has 18 heavy (non-hydrogen) atoms. The number of carbonyl (C=O) groups is 1. The van der Waals surface area contributed by atoms with E-state index in [1.54, 1.807) is 0 Å². The van der Waals surface area contributed by atoms with Gasteiger partial charge in [0, 0.05) is 18.5 Å². The first-order valence-electron chi connectivity index (χ1n) is 6.79. The molecule has 104 valence electrons. The summed E-state index contributed by atoms with van der Waals surface area (Å²) in [5.74, 6) is 0.362. The van der Waals surface area contributed by atoms with Crippen LogP contribution >= 0.6 is 12.2 Å². The van der Waals surface area contributed by atoms with Crippen LogP contribution in [0.2, 0.25) is 0 Å². The van der Waals surface area contributed by atoms with Crippen LogP contribution in [-0.2, 0) is 4.79 Å². The van der Waals surface area contributed by atoms with Crippen LogP contribution in [0.1, 0.15) is 40.0 Å². The average Bonchev–Trinajstić information content (AvgIpc) is 2.37. The highest BCUT2D eigenvalue weighted by Gasteiger charge is 2.28. The maximum absolute atomic E-state index is 12.1. The molecular formula is C13H25N3OS. The van der Waals surface area contributed by atoms with Crippen molar-refractivity contribution in [2.24, 2.45) is 11.7 Å². The molecule has 5 heteroatoms. The van der Waals surface area contributed by atoms with Crippen molar-refractivity contribution in [1.82, 2.24) is 10.2 Å². The molecule has 1 rings (SSSR count). The summed E-state index contributed by atoms with van der Waals surface area (Å²) >= 11 is 5.06. The number of hydrogen-bond acceptors (Lipinski definition) is 3. The van der Waals surface area contributed by atoms with Gasteiger partial charge < -0.3 is 11.1 Å². The van der Waals surface area contributed by atoms with Crippen LogP contribution in [0.3, 0.4) is 0 Å². The van der Waals surface area contributed by atoms with Crippen molar-refractivity contribution in [2.75, 3.05) is 13.1 Å². The quantitative estimate of drug-likeness (QED) is 0.740. The standard InChI is InChI=1S/C13H25N3OS/c1-4-9(2)15-13(17)10(3)16-7-5-6-11(8-16)12(14)18/h9-11H,4-8H2,1-3H3,(H2,14,18)(H,15,17). The van der Waals surface area contributed by atoms with Gasteiger partial charge in [-0.3, -0.25) is 9.69 Å². The minimum absolute atomic E-state index is 0.101. The van der Waals surface area contributed by atoms with Gasteiger partial charge in [-0.2, -0.15) is 0 Å². The van der Waals surface area contributed by atoms with Crippen molar-refractivity contribution in [1.29, 1.82) is 0 Å².